The molecular formula is C19H16N4O3S2. The molecule has 28 heavy (non-hydrogen) atoms. The van der Waals surface area contributed by atoms with Gasteiger partial charge in [0.2, 0.25) is 5.91 Å². The third-order valence-electron chi connectivity index (χ3n) is 4.01. The van der Waals surface area contributed by atoms with Gasteiger partial charge < -0.3 is 10.1 Å². The van der Waals surface area contributed by atoms with Crippen LogP contribution in [0.5, 0.6) is 5.75 Å². The van der Waals surface area contributed by atoms with Crippen LogP contribution in [0.2, 0.25) is 0 Å². The Morgan fingerprint density at radius 2 is 2.14 bits per heavy atom. The summed E-state index contributed by atoms with van der Waals surface area (Å²) in [5, 5.41) is 9.97. The SMILES string of the molecule is COc1cccc(NC(=O)Cn2nc(-c3cccs3)c3sc(C)nc3c2=O)c1. The number of methoxy groups -OCH3 is 1. The number of carbonyl (C=O) groups is 1. The van der Waals surface area contributed by atoms with Crippen molar-refractivity contribution >= 4 is 44.5 Å². The number of hydrogen-bond acceptors (Lipinski definition) is 7. The summed E-state index contributed by atoms with van der Waals surface area (Å²) in [6.45, 7) is 1.64. The van der Waals surface area contributed by atoms with E-state index < -0.39 is 0 Å². The van der Waals surface area contributed by atoms with Gasteiger partial charge in [-0.1, -0.05) is 12.1 Å². The van der Waals surface area contributed by atoms with E-state index in [4.69, 9.17) is 4.74 Å². The van der Waals surface area contributed by atoms with Crippen molar-refractivity contribution in [1.82, 2.24) is 14.8 Å². The molecule has 0 radical (unpaired) electrons. The first kappa shape index (κ1) is 18.3. The molecule has 4 aromatic rings. The van der Waals surface area contributed by atoms with E-state index in [-0.39, 0.29) is 18.0 Å². The van der Waals surface area contributed by atoms with Crippen LogP contribution in [-0.2, 0) is 11.3 Å². The number of aromatic nitrogens is 3. The highest BCUT2D eigenvalue weighted by Crippen LogP contribution is 2.31. The van der Waals surface area contributed by atoms with Gasteiger partial charge in [-0.2, -0.15) is 5.10 Å². The van der Waals surface area contributed by atoms with Gasteiger partial charge in [-0.05, 0) is 30.5 Å². The van der Waals surface area contributed by atoms with Crippen LogP contribution < -0.4 is 15.6 Å². The van der Waals surface area contributed by atoms with Gasteiger partial charge in [0, 0.05) is 11.8 Å². The Morgan fingerprint density at radius 3 is 2.89 bits per heavy atom. The number of thiophene rings is 1. The zero-order valence-electron chi connectivity index (χ0n) is 15.1. The molecule has 0 saturated heterocycles. The highest BCUT2D eigenvalue weighted by Gasteiger charge is 2.18. The predicted octanol–water partition coefficient (Wildman–Crippen LogP) is 3.54. The molecule has 1 aromatic carbocycles. The minimum Gasteiger partial charge on any atom is -0.497 e. The number of carbonyl (C=O) groups excluding carboxylic acids is 1. The lowest BCUT2D eigenvalue weighted by atomic mass is 10.3. The molecule has 7 nitrogen and oxygen atoms in total. The number of ether oxygens (including phenoxy) is 1. The van der Waals surface area contributed by atoms with Crippen molar-refractivity contribution in [2.45, 2.75) is 13.5 Å². The number of amides is 1. The third-order valence-corrected chi connectivity index (χ3v) is 5.86. The lowest BCUT2D eigenvalue weighted by molar-refractivity contribution is -0.117. The number of nitrogens with one attached hydrogen (secondary N) is 1. The predicted molar refractivity (Wildman–Crippen MR) is 111 cm³/mol. The smallest absolute Gasteiger partial charge is 0.294 e. The number of hydrogen-bond donors (Lipinski definition) is 1. The summed E-state index contributed by atoms with van der Waals surface area (Å²) in [7, 11) is 1.56. The van der Waals surface area contributed by atoms with Gasteiger partial charge in [-0.15, -0.1) is 22.7 Å². The fourth-order valence-electron chi connectivity index (χ4n) is 2.79. The molecule has 3 aromatic heterocycles. The number of aryl methyl sites for hydroxylation is 1. The number of nitrogens with zero attached hydrogens (tertiary/aromatic N) is 3. The maximum atomic E-state index is 12.8. The number of anilines is 1. The van der Waals surface area contributed by atoms with E-state index in [0.29, 0.717) is 22.6 Å². The molecule has 1 amide bonds. The van der Waals surface area contributed by atoms with Gasteiger partial charge in [0.15, 0.2) is 5.52 Å². The molecule has 0 aliphatic heterocycles. The Bertz CT molecular complexity index is 1210. The molecule has 0 unspecified atom stereocenters. The minimum atomic E-state index is -0.375. The van der Waals surface area contributed by atoms with Gasteiger partial charge in [0.25, 0.3) is 5.56 Å². The number of benzene rings is 1. The Balaban J connectivity index is 1.69. The Morgan fingerprint density at radius 1 is 1.29 bits per heavy atom. The van der Waals surface area contributed by atoms with Crippen molar-refractivity contribution in [2.75, 3.05) is 12.4 Å². The number of thiazole rings is 1. The molecule has 0 bridgehead atoms. The topological polar surface area (TPSA) is 86.1 Å². The summed E-state index contributed by atoms with van der Waals surface area (Å²) >= 11 is 2.96. The molecule has 0 aliphatic carbocycles. The number of rotatable bonds is 5. The monoisotopic (exact) mass is 412 g/mol. The summed E-state index contributed by atoms with van der Waals surface area (Å²) in [4.78, 5) is 30.6. The standard InChI is InChI=1S/C19H16N4O3S2/c1-11-20-17-18(28-11)16(14-7-4-8-27-14)22-23(19(17)25)10-15(24)21-12-5-3-6-13(9-12)26-2/h3-9H,10H2,1-2H3,(H,21,24). The lowest BCUT2D eigenvalue weighted by Gasteiger charge is -2.09. The molecule has 0 atom stereocenters. The van der Waals surface area contributed by atoms with Gasteiger partial charge in [0.1, 0.15) is 18.0 Å². The van der Waals surface area contributed by atoms with Crippen LogP contribution in [-0.4, -0.2) is 27.8 Å². The van der Waals surface area contributed by atoms with Crippen molar-refractivity contribution in [3.8, 4) is 16.3 Å². The average molecular weight is 412 g/mol. The van der Waals surface area contributed by atoms with Crippen LogP contribution in [0.1, 0.15) is 5.01 Å². The van der Waals surface area contributed by atoms with Crippen molar-refractivity contribution < 1.29 is 9.53 Å². The normalized spacial score (nSPS) is 10.9. The minimum absolute atomic E-state index is 0.207. The zero-order chi connectivity index (χ0) is 19.7. The fraction of sp³-hybridized carbons (Fsp3) is 0.158. The highest BCUT2D eigenvalue weighted by atomic mass is 32.1. The van der Waals surface area contributed by atoms with Crippen molar-refractivity contribution in [2.24, 2.45) is 0 Å². The van der Waals surface area contributed by atoms with E-state index in [9.17, 15) is 9.59 Å². The first-order valence-corrected chi connectivity index (χ1v) is 10.1. The number of fused-ring (bicyclic) bond motifs is 1. The van der Waals surface area contributed by atoms with Crippen LogP contribution >= 0.6 is 22.7 Å². The van der Waals surface area contributed by atoms with Crippen LogP contribution in [0.4, 0.5) is 5.69 Å². The van der Waals surface area contributed by atoms with E-state index in [1.807, 2.05) is 24.4 Å². The molecule has 1 N–H and O–H groups in total. The van der Waals surface area contributed by atoms with Crippen molar-refractivity contribution in [3.05, 3.63) is 57.1 Å². The highest BCUT2D eigenvalue weighted by molar-refractivity contribution is 7.20. The van der Waals surface area contributed by atoms with E-state index in [0.717, 1.165) is 14.6 Å². The van der Waals surface area contributed by atoms with E-state index in [1.54, 1.807) is 31.4 Å². The molecule has 142 valence electrons. The van der Waals surface area contributed by atoms with Crippen LogP contribution in [0.25, 0.3) is 20.8 Å². The summed E-state index contributed by atoms with van der Waals surface area (Å²) in [6, 6.07) is 10.9. The van der Waals surface area contributed by atoms with E-state index >= 15 is 0 Å². The molecule has 4 rings (SSSR count). The van der Waals surface area contributed by atoms with Gasteiger partial charge in [-0.3, -0.25) is 9.59 Å². The quantitative estimate of drug-likeness (QED) is 0.542. The second kappa shape index (κ2) is 7.53. The van der Waals surface area contributed by atoms with Gasteiger partial charge in [-0.25, -0.2) is 9.67 Å². The summed E-state index contributed by atoms with van der Waals surface area (Å²) in [5.74, 6) is 0.277. The van der Waals surface area contributed by atoms with Crippen molar-refractivity contribution in [1.29, 1.82) is 0 Å². The Labute approximate surface area is 168 Å². The van der Waals surface area contributed by atoms with Crippen LogP contribution in [0, 0.1) is 6.92 Å². The third kappa shape index (κ3) is 3.54. The molecule has 0 fully saturated rings. The van der Waals surface area contributed by atoms with Crippen molar-refractivity contribution in [3.63, 3.8) is 0 Å². The molecular weight excluding hydrogens is 396 g/mol. The zero-order valence-corrected chi connectivity index (χ0v) is 16.8. The molecule has 3 heterocycles. The second-order valence-electron chi connectivity index (χ2n) is 5.98. The molecule has 0 saturated carbocycles. The second-order valence-corrected chi connectivity index (χ2v) is 8.13. The summed E-state index contributed by atoms with van der Waals surface area (Å²) in [5.41, 5.74) is 1.22. The Hall–Kier alpha value is -3.04. The molecule has 0 spiro atoms. The maximum Gasteiger partial charge on any atom is 0.294 e. The van der Waals surface area contributed by atoms with Crippen LogP contribution in [0.3, 0.4) is 0 Å². The molecule has 9 heteroatoms. The van der Waals surface area contributed by atoms with Gasteiger partial charge in [0.05, 0.1) is 21.7 Å². The molecule has 0 aliphatic rings. The first-order chi connectivity index (χ1) is 13.5. The largest absolute Gasteiger partial charge is 0.497 e. The fourth-order valence-corrected chi connectivity index (χ4v) is 4.47. The van der Waals surface area contributed by atoms with E-state index in [1.165, 1.54) is 27.4 Å². The van der Waals surface area contributed by atoms with Crippen LogP contribution in [0.15, 0.2) is 46.6 Å². The summed E-state index contributed by atoms with van der Waals surface area (Å²) in [6.07, 6.45) is 0. The average Bonchev–Trinajstić information content (AvgIpc) is 3.34. The van der Waals surface area contributed by atoms with Gasteiger partial charge >= 0.3 is 0 Å². The first-order valence-electron chi connectivity index (χ1n) is 8.41. The maximum absolute atomic E-state index is 12.8. The summed E-state index contributed by atoms with van der Waals surface area (Å²) < 4.78 is 7.07. The Kier molecular flexibility index (Phi) is 4.93. The van der Waals surface area contributed by atoms with E-state index in [2.05, 4.69) is 15.4 Å². The lowest BCUT2D eigenvalue weighted by Crippen LogP contribution is -2.30.